The molecule has 0 aliphatic carbocycles. The van der Waals surface area contributed by atoms with Crippen LogP contribution in [0.2, 0.25) is 0 Å². The Balaban J connectivity index is 2.70. The molecule has 0 bridgehead atoms. The summed E-state index contributed by atoms with van der Waals surface area (Å²) < 4.78 is 15.7. The number of methoxy groups -OCH3 is 3. The van der Waals surface area contributed by atoms with Gasteiger partial charge in [-0.3, -0.25) is 9.59 Å². The molecule has 2 amide bonds. The van der Waals surface area contributed by atoms with E-state index in [4.69, 9.17) is 14.2 Å². The van der Waals surface area contributed by atoms with Crippen molar-refractivity contribution >= 4 is 11.8 Å². The first kappa shape index (κ1) is 19.6. The molecule has 1 rings (SSSR count). The molecule has 1 unspecified atom stereocenters. The zero-order valence-corrected chi connectivity index (χ0v) is 14.9. The van der Waals surface area contributed by atoms with Gasteiger partial charge in [0, 0.05) is 24.6 Å². The summed E-state index contributed by atoms with van der Waals surface area (Å²) in [6, 6.07) is 3.26. The second-order valence-corrected chi connectivity index (χ2v) is 5.30. The van der Waals surface area contributed by atoms with Crippen LogP contribution < -0.4 is 24.8 Å². The predicted octanol–water partition coefficient (Wildman–Crippen LogP) is 1.75. The van der Waals surface area contributed by atoms with E-state index in [1.165, 1.54) is 21.3 Å². The molecule has 0 saturated heterocycles. The Morgan fingerprint density at radius 1 is 1.08 bits per heavy atom. The van der Waals surface area contributed by atoms with Gasteiger partial charge in [0.25, 0.3) is 5.91 Å². The maximum Gasteiger partial charge on any atom is 0.251 e. The third kappa shape index (κ3) is 5.33. The average Bonchev–Trinajstić information content (AvgIpc) is 2.59. The number of nitrogens with one attached hydrogen (secondary N) is 2. The molecule has 134 valence electrons. The fourth-order valence-electron chi connectivity index (χ4n) is 2.05. The minimum absolute atomic E-state index is 0.0884. The van der Waals surface area contributed by atoms with Gasteiger partial charge in [0.15, 0.2) is 11.5 Å². The molecule has 2 N–H and O–H groups in total. The summed E-state index contributed by atoms with van der Waals surface area (Å²) in [5.74, 6) is 0.817. The lowest BCUT2D eigenvalue weighted by atomic mass is 10.1. The number of benzene rings is 1. The van der Waals surface area contributed by atoms with E-state index in [0.29, 0.717) is 22.8 Å². The standard InChI is InChI=1S/C17H26N2O5/c1-6-11(2)19-15(20)7-8-18-17(21)12-9-13(22-3)16(24-5)14(10-12)23-4/h9-11H,6-8H2,1-5H3,(H,18,21)(H,19,20). The van der Waals surface area contributed by atoms with Gasteiger partial charge in [-0.1, -0.05) is 6.92 Å². The van der Waals surface area contributed by atoms with Gasteiger partial charge in [0.05, 0.1) is 21.3 Å². The first-order valence-electron chi connectivity index (χ1n) is 7.84. The minimum Gasteiger partial charge on any atom is -0.493 e. The van der Waals surface area contributed by atoms with Crippen LogP contribution in [0.1, 0.15) is 37.0 Å². The van der Waals surface area contributed by atoms with Crippen LogP contribution in [0.15, 0.2) is 12.1 Å². The van der Waals surface area contributed by atoms with E-state index >= 15 is 0 Å². The van der Waals surface area contributed by atoms with Gasteiger partial charge < -0.3 is 24.8 Å². The highest BCUT2D eigenvalue weighted by atomic mass is 16.5. The summed E-state index contributed by atoms with van der Waals surface area (Å²) in [4.78, 5) is 23.9. The number of ether oxygens (including phenoxy) is 3. The molecular weight excluding hydrogens is 312 g/mol. The van der Waals surface area contributed by atoms with E-state index in [1.54, 1.807) is 12.1 Å². The second kappa shape index (κ2) is 9.64. The summed E-state index contributed by atoms with van der Waals surface area (Å²) in [5, 5.41) is 5.56. The summed E-state index contributed by atoms with van der Waals surface area (Å²) in [6.07, 6.45) is 1.09. The van der Waals surface area contributed by atoms with E-state index in [9.17, 15) is 9.59 Å². The van der Waals surface area contributed by atoms with Gasteiger partial charge in [0.2, 0.25) is 11.7 Å². The van der Waals surface area contributed by atoms with Gasteiger partial charge in [0.1, 0.15) is 0 Å². The highest BCUT2D eigenvalue weighted by Gasteiger charge is 2.17. The molecule has 0 saturated carbocycles. The van der Waals surface area contributed by atoms with Gasteiger partial charge >= 0.3 is 0 Å². The van der Waals surface area contributed by atoms with Crippen LogP contribution in [-0.4, -0.2) is 45.7 Å². The van der Waals surface area contributed by atoms with Crippen LogP contribution in [-0.2, 0) is 4.79 Å². The van der Waals surface area contributed by atoms with E-state index in [-0.39, 0.29) is 30.8 Å². The van der Waals surface area contributed by atoms with Crippen LogP contribution in [0.3, 0.4) is 0 Å². The quantitative estimate of drug-likeness (QED) is 0.716. The molecule has 1 aromatic carbocycles. The van der Waals surface area contributed by atoms with E-state index in [0.717, 1.165) is 6.42 Å². The number of rotatable bonds is 9. The van der Waals surface area contributed by atoms with Crippen LogP contribution in [0.4, 0.5) is 0 Å². The molecule has 0 aliphatic rings. The van der Waals surface area contributed by atoms with Crippen molar-refractivity contribution in [3.8, 4) is 17.2 Å². The van der Waals surface area contributed by atoms with Crippen LogP contribution in [0.5, 0.6) is 17.2 Å². The van der Waals surface area contributed by atoms with Gasteiger partial charge in [-0.15, -0.1) is 0 Å². The molecule has 0 spiro atoms. The first-order valence-corrected chi connectivity index (χ1v) is 7.84. The second-order valence-electron chi connectivity index (χ2n) is 5.30. The molecule has 1 atom stereocenters. The van der Waals surface area contributed by atoms with Crippen molar-refractivity contribution in [1.82, 2.24) is 10.6 Å². The largest absolute Gasteiger partial charge is 0.493 e. The summed E-state index contributed by atoms with van der Waals surface area (Å²) in [6.45, 7) is 4.18. The zero-order valence-electron chi connectivity index (χ0n) is 14.9. The molecule has 0 fully saturated rings. The summed E-state index contributed by atoms with van der Waals surface area (Å²) in [7, 11) is 4.46. The number of hydrogen-bond acceptors (Lipinski definition) is 5. The van der Waals surface area contributed by atoms with E-state index in [1.807, 2.05) is 13.8 Å². The molecule has 7 nitrogen and oxygen atoms in total. The van der Waals surface area contributed by atoms with Crippen molar-refractivity contribution in [2.75, 3.05) is 27.9 Å². The van der Waals surface area contributed by atoms with Crippen molar-refractivity contribution in [3.05, 3.63) is 17.7 Å². The maximum absolute atomic E-state index is 12.2. The highest BCUT2D eigenvalue weighted by Crippen LogP contribution is 2.38. The third-order valence-corrected chi connectivity index (χ3v) is 3.58. The average molecular weight is 338 g/mol. The van der Waals surface area contributed by atoms with Crippen molar-refractivity contribution in [2.24, 2.45) is 0 Å². The fourth-order valence-corrected chi connectivity index (χ4v) is 2.05. The highest BCUT2D eigenvalue weighted by molar-refractivity contribution is 5.95. The summed E-state index contributed by atoms with van der Waals surface area (Å²) >= 11 is 0. The Hall–Kier alpha value is -2.44. The molecule has 0 aliphatic heterocycles. The Labute approximate surface area is 142 Å². The lowest BCUT2D eigenvalue weighted by Crippen LogP contribution is -2.35. The fraction of sp³-hybridized carbons (Fsp3) is 0.529. The van der Waals surface area contributed by atoms with Gasteiger partial charge in [-0.25, -0.2) is 0 Å². The van der Waals surface area contributed by atoms with Crippen molar-refractivity contribution in [1.29, 1.82) is 0 Å². The van der Waals surface area contributed by atoms with Crippen molar-refractivity contribution in [3.63, 3.8) is 0 Å². The van der Waals surface area contributed by atoms with Crippen LogP contribution in [0, 0.1) is 0 Å². The van der Waals surface area contributed by atoms with E-state index in [2.05, 4.69) is 10.6 Å². The number of carbonyl (C=O) groups is 2. The normalized spacial score (nSPS) is 11.4. The Morgan fingerprint density at radius 2 is 1.67 bits per heavy atom. The lowest BCUT2D eigenvalue weighted by Gasteiger charge is -2.14. The Kier molecular flexibility index (Phi) is 7.88. The lowest BCUT2D eigenvalue weighted by molar-refractivity contribution is -0.121. The molecule has 0 aromatic heterocycles. The molecular formula is C17H26N2O5. The third-order valence-electron chi connectivity index (χ3n) is 3.58. The van der Waals surface area contributed by atoms with E-state index < -0.39 is 0 Å². The number of carbonyl (C=O) groups excluding carboxylic acids is 2. The maximum atomic E-state index is 12.2. The van der Waals surface area contributed by atoms with Crippen LogP contribution >= 0.6 is 0 Å². The molecule has 7 heteroatoms. The molecule has 0 radical (unpaired) electrons. The summed E-state index contributed by atoms with van der Waals surface area (Å²) in [5.41, 5.74) is 0.367. The Bertz CT molecular complexity index is 549. The number of hydrogen-bond donors (Lipinski definition) is 2. The Morgan fingerprint density at radius 3 is 2.12 bits per heavy atom. The minimum atomic E-state index is -0.314. The van der Waals surface area contributed by atoms with Gasteiger partial charge in [-0.05, 0) is 25.5 Å². The topological polar surface area (TPSA) is 85.9 Å². The van der Waals surface area contributed by atoms with Gasteiger partial charge in [-0.2, -0.15) is 0 Å². The van der Waals surface area contributed by atoms with Crippen molar-refractivity contribution in [2.45, 2.75) is 32.7 Å². The predicted molar refractivity (Wildman–Crippen MR) is 90.9 cm³/mol. The SMILES string of the molecule is CCC(C)NC(=O)CCNC(=O)c1cc(OC)c(OC)c(OC)c1. The van der Waals surface area contributed by atoms with Crippen LogP contribution in [0.25, 0.3) is 0 Å². The first-order chi connectivity index (χ1) is 11.5. The molecule has 0 heterocycles. The number of amides is 2. The van der Waals surface area contributed by atoms with Crippen molar-refractivity contribution < 1.29 is 23.8 Å². The smallest absolute Gasteiger partial charge is 0.251 e. The zero-order chi connectivity index (χ0) is 18.1. The monoisotopic (exact) mass is 338 g/mol. The molecule has 24 heavy (non-hydrogen) atoms. The molecule has 1 aromatic rings.